The second-order valence-electron chi connectivity index (χ2n) is 6.54. The van der Waals surface area contributed by atoms with Crippen LogP contribution in [0, 0.1) is 17.7 Å². The molecule has 0 radical (unpaired) electrons. The molecule has 0 bridgehead atoms. The number of ether oxygens (including phenoxy) is 2. The van der Waals surface area contributed by atoms with Crippen LogP contribution in [0.2, 0.25) is 0 Å². The average molecular weight is 352 g/mol. The van der Waals surface area contributed by atoms with Crippen molar-refractivity contribution in [2.75, 3.05) is 13.2 Å². The molecule has 0 aromatic heterocycles. The van der Waals surface area contributed by atoms with Gasteiger partial charge in [0.05, 0.1) is 25.3 Å². The number of hydrogen-bond acceptors (Lipinski definition) is 4. The quantitative estimate of drug-likeness (QED) is 0.818. The lowest BCUT2D eigenvalue weighted by Crippen LogP contribution is -2.99. The third-order valence-electron chi connectivity index (χ3n) is 4.89. The Morgan fingerprint density at radius 1 is 0.960 bits per heavy atom. The molecule has 1 saturated heterocycles. The highest BCUT2D eigenvalue weighted by molar-refractivity contribution is 5.79. The van der Waals surface area contributed by atoms with Crippen LogP contribution in [0.1, 0.15) is 39.2 Å². The van der Waals surface area contributed by atoms with Crippen molar-refractivity contribution in [3.63, 3.8) is 0 Å². The lowest BCUT2D eigenvalue weighted by Gasteiger charge is -2.41. The van der Waals surface area contributed by atoms with Crippen LogP contribution in [-0.2, 0) is 19.1 Å². The van der Waals surface area contributed by atoms with E-state index < -0.39 is 17.8 Å². The van der Waals surface area contributed by atoms with Crippen molar-refractivity contribution >= 4 is 11.9 Å². The van der Waals surface area contributed by atoms with Crippen LogP contribution in [0.3, 0.4) is 0 Å². The highest BCUT2D eigenvalue weighted by Crippen LogP contribution is 2.39. The monoisotopic (exact) mass is 352 g/mol. The van der Waals surface area contributed by atoms with E-state index >= 15 is 0 Å². The summed E-state index contributed by atoms with van der Waals surface area (Å²) in [4.78, 5) is 25.2. The highest BCUT2D eigenvalue weighted by Gasteiger charge is 2.52. The van der Waals surface area contributed by atoms with Gasteiger partial charge < -0.3 is 14.8 Å². The molecule has 1 aromatic rings. The molecule has 138 valence electrons. The van der Waals surface area contributed by atoms with Gasteiger partial charge in [-0.05, 0) is 45.4 Å². The van der Waals surface area contributed by atoms with Crippen molar-refractivity contribution in [3.05, 3.63) is 35.6 Å². The maximum Gasteiger partial charge on any atom is 0.315 e. The van der Waals surface area contributed by atoms with Crippen LogP contribution in [0.5, 0.6) is 0 Å². The first-order valence-electron chi connectivity index (χ1n) is 8.84. The van der Waals surface area contributed by atoms with E-state index in [0.29, 0.717) is 0 Å². The summed E-state index contributed by atoms with van der Waals surface area (Å²) in [6, 6.07) is 5.87. The van der Waals surface area contributed by atoms with Gasteiger partial charge in [0.15, 0.2) is 0 Å². The second kappa shape index (κ2) is 8.43. The minimum Gasteiger partial charge on any atom is -0.466 e. The minimum absolute atomic E-state index is 0.0604. The van der Waals surface area contributed by atoms with Gasteiger partial charge in [-0.15, -0.1) is 0 Å². The summed E-state index contributed by atoms with van der Waals surface area (Å²) in [5.41, 5.74) is 0.754. The predicted molar refractivity (Wildman–Crippen MR) is 90.2 cm³/mol. The third kappa shape index (κ3) is 4.18. The van der Waals surface area contributed by atoms with Gasteiger partial charge in [0, 0.05) is 5.92 Å². The van der Waals surface area contributed by atoms with Crippen LogP contribution in [0.15, 0.2) is 24.3 Å². The number of benzene rings is 1. The van der Waals surface area contributed by atoms with Crippen LogP contribution >= 0.6 is 0 Å². The fraction of sp³-hybridized carbons (Fsp3) is 0.579. The van der Waals surface area contributed by atoms with Crippen molar-refractivity contribution in [3.8, 4) is 0 Å². The molecule has 1 heterocycles. The first-order valence-corrected chi connectivity index (χ1v) is 8.84. The Labute approximate surface area is 147 Å². The fourth-order valence-corrected chi connectivity index (χ4v) is 3.89. The minimum atomic E-state index is -0.504. The number of quaternary nitrogens is 1. The third-order valence-corrected chi connectivity index (χ3v) is 4.89. The van der Waals surface area contributed by atoms with Crippen molar-refractivity contribution in [1.82, 2.24) is 0 Å². The van der Waals surface area contributed by atoms with Crippen LogP contribution in [0.4, 0.5) is 4.39 Å². The predicted octanol–water partition coefficient (Wildman–Crippen LogP) is 1.62. The van der Waals surface area contributed by atoms with E-state index in [1.807, 2.05) is 19.2 Å². The smallest absolute Gasteiger partial charge is 0.315 e. The zero-order valence-corrected chi connectivity index (χ0v) is 15.2. The first-order chi connectivity index (χ1) is 11.9. The van der Waals surface area contributed by atoms with E-state index in [0.717, 1.165) is 5.56 Å². The Morgan fingerprint density at radius 3 is 1.80 bits per heavy atom. The van der Waals surface area contributed by atoms with Crippen LogP contribution < -0.4 is 5.32 Å². The van der Waals surface area contributed by atoms with Crippen molar-refractivity contribution in [1.29, 1.82) is 0 Å². The summed E-state index contributed by atoms with van der Waals surface area (Å²) in [5.74, 6) is -2.43. The van der Waals surface area contributed by atoms with Crippen molar-refractivity contribution in [2.24, 2.45) is 11.8 Å². The Morgan fingerprint density at radius 2 is 1.40 bits per heavy atom. The molecule has 2 rings (SSSR count). The van der Waals surface area contributed by atoms with E-state index in [1.165, 1.54) is 12.1 Å². The molecule has 1 aliphatic rings. The van der Waals surface area contributed by atoms with E-state index in [1.54, 1.807) is 26.0 Å². The Balaban J connectivity index is 2.49. The van der Waals surface area contributed by atoms with Gasteiger partial charge in [0.25, 0.3) is 0 Å². The molecule has 1 aromatic carbocycles. The van der Waals surface area contributed by atoms with E-state index in [-0.39, 0.29) is 43.1 Å². The fourth-order valence-electron chi connectivity index (χ4n) is 3.89. The van der Waals surface area contributed by atoms with Gasteiger partial charge in [-0.2, -0.15) is 0 Å². The molecular formula is C19H27FNO4+. The summed E-state index contributed by atoms with van der Waals surface area (Å²) in [7, 11) is 0. The summed E-state index contributed by atoms with van der Waals surface area (Å²) in [6.07, 6.45) is 0. The summed E-state index contributed by atoms with van der Waals surface area (Å²) >= 11 is 0. The van der Waals surface area contributed by atoms with Crippen molar-refractivity contribution in [2.45, 2.75) is 45.7 Å². The molecule has 1 unspecified atom stereocenters. The molecule has 2 N–H and O–H groups in total. The summed E-state index contributed by atoms with van der Waals surface area (Å²) in [6.45, 7) is 7.97. The molecule has 1 fully saturated rings. The number of nitrogens with two attached hydrogens (primary N) is 1. The summed E-state index contributed by atoms with van der Waals surface area (Å²) < 4.78 is 23.9. The Kier molecular flexibility index (Phi) is 6.53. The van der Waals surface area contributed by atoms with E-state index in [2.05, 4.69) is 0 Å². The molecule has 6 heteroatoms. The average Bonchev–Trinajstić information content (AvgIpc) is 2.55. The highest BCUT2D eigenvalue weighted by atomic mass is 19.1. The van der Waals surface area contributed by atoms with Crippen LogP contribution in [0.25, 0.3) is 0 Å². The van der Waals surface area contributed by atoms with Gasteiger partial charge >= 0.3 is 11.9 Å². The maximum absolute atomic E-state index is 13.4. The molecule has 1 aliphatic heterocycles. The number of carbonyl (C=O) groups excluding carboxylic acids is 2. The molecule has 5 nitrogen and oxygen atoms in total. The Bertz CT molecular complexity index is 574. The molecule has 5 atom stereocenters. The number of esters is 2. The maximum atomic E-state index is 13.4. The molecule has 0 aliphatic carbocycles. The van der Waals surface area contributed by atoms with Gasteiger partial charge in [0.1, 0.15) is 17.7 Å². The normalized spacial score (nSPS) is 29.1. The van der Waals surface area contributed by atoms with Gasteiger partial charge in [-0.25, -0.2) is 4.39 Å². The standard InChI is InChI=1S/C19H26FNO4/c1-5-24-18(22)15-11(3)21-12(4)16(19(23)25-6-2)17(15)13-7-9-14(20)10-8-13/h7-12,15-17,21H,5-6H2,1-4H3/p+1/t11-,12+,15+,16-,17?. The topological polar surface area (TPSA) is 69.2 Å². The van der Waals surface area contributed by atoms with Gasteiger partial charge in [-0.1, -0.05) is 12.1 Å². The summed E-state index contributed by atoms with van der Waals surface area (Å²) in [5, 5.41) is 2.02. The number of hydrogen-bond donors (Lipinski definition) is 1. The number of piperidine rings is 1. The lowest BCUT2D eigenvalue weighted by atomic mass is 9.68. The largest absolute Gasteiger partial charge is 0.466 e. The molecule has 25 heavy (non-hydrogen) atoms. The SMILES string of the molecule is CCOC(=O)[C@@H]1C(c2ccc(F)cc2)[C@H](C(=O)OCC)[C@H](C)[NH2+][C@@H]1C. The van der Waals surface area contributed by atoms with E-state index in [4.69, 9.17) is 9.47 Å². The first kappa shape index (κ1) is 19.4. The molecule has 0 spiro atoms. The zero-order valence-electron chi connectivity index (χ0n) is 15.2. The van der Waals surface area contributed by atoms with Crippen molar-refractivity contribution < 1.29 is 28.8 Å². The zero-order chi connectivity index (χ0) is 18.6. The lowest BCUT2D eigenvalue weighted by molar-refractivity contribution is -0.734. The number of rotatable bonds is 5. The van der Waals surface area contributed by atoms with Gasteiger partial charge in [0.2, 0.25) is 0 Å². The molecule has 0 amide bonds. The number of halogens is 1. The molecular weight excluding hydrogens is 325 g/mol. The number of carbonyl (C=O) groups is 2. The van der Waals surface area contributed by atoms with Gasteiger partial charge in [-0.3, -0.25) is 9.59 Å². The van der Waals surface area contributed by atoms with Crippen LogP contribution in [-0.4, -0.2) is 37.2 Å². The van der Waals surface area contributed by atoms with E-state index in [9.17, 15) is 14.0 Å². The Hall–Kier alpha value is -1.95. The molecule has 0 saturated carbocycles. The second-order valence-corrected chi connectivity index (χ2v) is 6.54.